The molecule has 0 radical (unpaired) electrons. The molecular weight excluding hydrogens is 343 g/mol. The van der Waals surface area contributed by atoms with Crippen molar-refractivity contribution in [2.24, 2.45) is 0 Å². The molecular formula is C9H3F5N2O3S2. The lowest BCUT2D eigenvalue weighted by molar-refractivity contribution is 0.346. The van der Waals surface area contributed by atoms with E-state index in [1.165, 1.54) is 6.92 Å². The Labute approximate surface area is 118 Å². The molecule has 0 aliphatic rings. The van der Waals surface area contributed by atoms with E-state index in [1.54, 1.807) is 0 Å². The number of rotatable bonds is 3. The average molecular weight is 346 g/mol. The molecule has 0 atom stereocenters. The number of aromatic nitrogens is 2. The van der Waals surface area contributed by atoms with Crippen LogP contribution in [0.25, 0.3) is 0 Å². The van der Waals surface area contributed by atoms with Crippen LogP contribution >= 0.6 is 11.3 Å². The van der Waals surface area contributed by atoms with Crippen LogP contribution in [0.3, 0.4) is 0 Å². The minimum atomic E-state index is -4.87. The molecule has 0 saturated heterocycles. The second-order valence-corrected chi connectivity index (χ2v) is 6.43. The van der Waals surface area contributed by atoms with Gasteiger partial charge in [-0.05, 0) is 6.92 Å². The van der Waals surface area contributed by atoms with Crippen LogP contribution in [0.2, 0.25) is 0 Å². The van der Waals surface area contributed by atoms with Crippen molar-refractivity contribution >= 4 is 21.5 Å². The summed E-state index contributed by atoms with van der Waals surface area (Å²) in [5.41, 5.74) is 0. The normalized spacial score (nSPS) is 11.7. The Morgan fingerprint density at radius 3 is 1.81 bits per heavy atom. The highest BCUT2D eigenvalue weighted by Gasteiger charge is 2.32. The first kappa shape index (κ1) is 15.6. The molecule has 0 amide bonds. The summed E-state index contributed by atoms with van der Waals surface area (Å²) in [4.78, 5) is 0. The molecule has 2 rings (SSSR count). The quantitative estimate of drug-likeness (QED) is 0.369. The lowest BCUT2D eigenvalue weighted by Crippen LogP contribution is -2.14. The third kappa shape index (κ3) is 2.68. The summed E-state index contributed by atoms with van der Waals surface area (Å²) < 4.78 is 91.7. The van der Waals surface area contributed by atoms with E-state index in [4.69, 9.17) is 0 Å². The smallest absolute Gasteiger partial charge is 0.369 e. The summed E-state index contributed by atoms with van der Waals surface area (Å²) in [5.74, 6) is -13.8. The topological polar surface area (TPSA) is 69.2 Å². The van der Waals surface area contributed by atoms with Crippen LogP contribution < -0.4 is 4.18 Å². The minimum absolute atomic E-state index is 0.189. The molecule has 0 unspecified atom stereocenters. The Kier molecular flexibility index (Phi) is 3.84. The van der Waals surface area contributed by atoms with E-state index in [-0.39, 0.29) is 5.01 Å². The summed E-state index contributed by atoms with van der Waals surface area (Å²) >= 11 is 0.496. The highest BCUT2D eigenvalue weighted by atomic mass is 32.3. The van der Waals surface area contributed by atoms with Crippen molar-refractivity contribution in [3.8, 4) is 5.75 Å². The number of benzene rings is 1. The van der Waals surface area contributed by atoms with Gasteiger partial charge in [0.1, 0.15) is 5.01 Å². The standard InChI is InChI=1S/C9H3F5N2O3S2/c1-2-15-16-9(20-2)21(17,18)19-8-6(13)4(11)3(10)5(12)7(8)14/h1H3. The number of hydrogen-bond acceptors (Lipinski definition) is 6. The molecule has 0 spiro atoms. The molecule has 21 heavy (non-hydrogen) atoms. The van der Waals surface area contributed by atoms with E-state index in [2.05, 4.69) is 14.4 Å². The second kappa shape index (κ2) is 5.18. The lowest BCUT2D eigenvalue weighted by Gasteiger charge is -2.08. The molecule has 1 heterocycles. The van der Waals surface area contributed by atoms with Crippen LogP contribution in [0, 0.1) is 36.0 Å². The molecule has 0 aliphatic heterocycles. The van der Waals surface area contributed by atoms with Crippen LogP contribution in [0.5, 0.6) is 5.75 Å². The highest BCUT2D eigenvalue weighted by Crippen LogP contribution is 2.31. The Balaban J connectivity index is 2.55. The molecule has 0 N–H and O–H groups in total. The van der Waals surface area contributed by atoms with Crippen LogP contribution in [-0.4, -0.2) is 18.6 Å². The number of nitrogens with zero attached hydrogens (tertiary/aromatic N) is 2. The zero-order chi connectivity index (χ0) is 15.9. The molecule has 0 bridgehead atoms. The monoisotopic (exact) mass is 346 g/mol. The third-order valence-corrected chi connectivity index (χ3v) is 4.48. The molecule has 0 aliphatic carbocycles. The van der Waals surface area contributed by atoms with E-state index in [9.17, 15) is 30.4 Å². The van der Waals surface area contributed by atoms with E-state index in [1.807, 2.05) is 0 Å². The van der Waals surface area contributed by atoms with Gasteiger partial charge in [-0.3, -0.25) is 0 Å². The maximum Gasteiger partial charge on any atom is 0.369 e. The fourth-order valence-electron chi connectivity index (χ4n) is 1.18. The Bertz CT molecular complexity index is 792. The van der Waals surface area contributed by atoms with Crippen molar-refractivity contribution in [2.75, 3.05) is 0 Å². The Morgan fingerprint density at radius 2 is 1.38 bits per heavy atom. The maximum atomic E-state index is 13.3. The van der Waals surface area contributed by atoms with E-state index in [0.717, 1.165) is 0 Å². The zero-order valence-electron chi connectivity index (χ0n) is 9.83. The summed E-state index contributed by atoms with van der Waals surface area (Å²) in [6.45, 7) is 1.38. The number of halogens is 5. The molecule has 2 aromatic rings. The van der Waals surface area contributed by atoms with Gasteiger partial charge < -0.3 is 4.18 Å². The fraction of sp³-hybridized carbons (Fsp3) is 0.111. The Morgan fingerprint density at radius 1 is 0.905 bits per heavy atom. The largest absolute Gasteiger partial charge is 0.371 e. The summed E-state index contributed by atoms with van der Waals surface area (Å²) in [7, 11) is -4.87. The molecule has 5 nitrogen and oxygen atoms in total. The SMILES string of the molecule is Cc1nnc(S(=O)(=O)Oc2c(F)c(F)c(F)c(F)c2F)s1. The van der Waals surface area contributed by atoms with Crippen LogP contribution in [-0.2, 0) is 10.1 Å². The van der Waals surface area contributed by atoms with E-state index in [0.29, 0.717) is 11.3 Å². The van der Waals surface area contributed by atoms with Crippen molar-refractivity contribution in [1.29, 1.82) is 0 Å². The maximum absolute atomic E-state index is 13.3. The molecule has 0 saturated carbocycles. The van der Waals surface area contributed by atoms with Crippen molar-refractivity contribution in [2.45, 2.75) is 11.3 Å². The molecule has 114 valence electrons. The average Bonchev–Trinajstić information content (AvgIpc) is 2.87. The predicted octanol–water partition coefficient (Wildman–Crippen LogP) is 2.31. The zero-order valence-corrected chi connectivity index (χ0v) is 11.5. The molecule has 1 aromatic carbocycles. The minimum Gasteiger partial charge on any atom is -0.371 e. The first-order valence-corrected chi connectivity index (χ1v) is 7.13. The van der Waals surface area contributed by atoms with Gasteiger partial charge in [-0.2, -0.15) is 17.2 Å². The van der Waals surface area contributed by atoms with Crippen molar-refractivity contribution in [1.82, 2.24) is 10.2 Å². The number of aryl methyl sites for hydroxylation is 1. The lowest BCUT2D eigenvalue weighted by atomic mass is 10.3. The second-order valence-electron chi connectivity index (χ2n) is 3.52. The summed E-state index contributed by atoms with van der Waals surface area (Å²) in [6.07, 6.45) is 0. The van der Waals surface area contributed by atoms with Gasteiger partial charge in [0.05, 0.1) is 0 Å². The van der Waals surface area contributed by atoms with Gasteiger partial charge in [0.25, 0.3) is 4.34 Å². The predicted molar refractivity (Wildman–Crippen MR) is 58.7 cm³/mol. The molecule has 12 heteroatoms. The van der Waals surface area contributed by atoms with Crippen LogP contribution in [0.1, 0.15) is 5.01 Å². The van der Waals surface area contributed by atoms with Gasteiger partial charge in [-0.15, -0.1) is 10.2 Å². The van der Waals surface area contributed by atoms with Gasteiger partial charge in [-0.25, -0.2) is 13.2 Å². The van der Waals surface area contributed by atoms with E-state index >= 15 is 0 Å². The number of hydrogen-bond donors (Lipinski definition) is 0. The molecule has 0 fully saturated rings. The van der Waals surface area contributed by atoms with Gasteiger partial charge in [0, 0.05) is 0 Å². The first-order valence-electron chi connectivity index (χ1n) is 4.91. The van der Waals surface area contributed by atoms with Crippen molar-refractivity contribution < 1.29 is 34.6 Å². The summed E-state index contributed by atoms with van der Waals surface area (Å²) in [6, 6.07) is 0. The first-order chi connectivity index (χ1) is 9.65. The van der Waals surface area contributed by atoms with Gasteiger partial charge in [-0.1, -0.05) is 11.3 Å². The molecule has 1 aromatic heterocycles. The van der Waals surface area contributed by atoms with Crippen LogP contribution in [0.15, 0.2) is 4.34 Å². The van der Waals surface area contributed by atoms with E-state index < -0.39 is 49.3 Å². The fourth-order valence-corrected chi connectivity index (χ4v) is 3.05. The van der Waals surface area contributed by atoms with Gasteiger partial charge in [0.2, 0.25) is 34.8 Å². The van der Waals surface area contributed by atoms with Gasteiger partial charge >= 0.3 is 10.1 Å². The highest BCUT2D eigenvalue weighted by molar-refractivity contribution is 7.89. The van der Waals surface area contributed by atoms with Crippen molar-refractivity contribution in [3.05, 3.63) is 34.1 Å². The van der Waals surface area contributed by atoms with Gasteiger partial charge in [0.15, 0.2) is 0 Å². The third-order valence-electron chi connectivity index (χ3n) is 2.08. The van der Waals surface area contributed by atoms with Crippen molar-refractivity contribution in [3.63, 3.8) is 0 Å². The summed E-state index contributed by atoms with van der Waals surface area (Å²) in [5, 5.41) is 6.68. The Hall–Kier alpha value is -1.82. The van der Waals surface area contributed by atoms with Crippen LogP contribution in [0.4, 0.5) is 22.0 Å².